The predicted molar refractivity (Wildman–Crippen MR) is 133 cm³/mol. The average Bonchev–Trinajstić information content (AvgIpc) is 2.79. The summed E-state index contributed by atoms with van der Waals surface area (Å²) in [4.78, 5) is 2.72. The van der Waals surface area contributed by atoms with Crippen LogP contribution in [0.5, 0.6) is 0 Å². The Hall–Kier alpha value is -0.940. The van der Waals surface area contributed by atoms with Gasteiger partial charge in [0.05, 0.1) is 0 Å². The van der Waals surface area contributed by atoms with Crippen molar-refractivity contribution in [2.75, 3.05) is 24.7 Å². The molecular weight excluding hydrogens is 408 g/mol. The van der Waals surface area contributed by atoms with Crippen molar-refractivity contribution in [2.24, 2.45) is 0 Å². The van der Waals surface area contributed by atoms with Gasteiger partial charge < -0.3 is 10.2 Å². The van der Waals surface area contributed by atoms with Crippen LogP contribution in [0.4, 0.5) is 0 Å². The van der Waals surface area contributed by atoms with E-state index < -0.39 is 0 Å². The molecule has 0 aromatic heterocycles. The molecule has 2 N–H and O–H groups in total. The summed E-state index contributed by atoms with van der Waals surface area (Å²) in [5.74, 6) is 2.33. The summed E-state index contributed by atoms with van der Waals surface area (Å²) in [7, 11) is 0. The zero-order chi connectivity index (χ0) is 21.3. The molecule has 0 saturated heterocycles. The van der Waals surface area contributed by atoms with Gasteiger partial charge >= 0.3 is 0 Å². The Morgan fingerprint density at radius 1 is 0.467 bits per heavy atom. The standard InChI is InChI=1S/C26H38O2S2/c27-19-5-1-3-7-21-29-25-15-11-23(12-16-25)9-10-24-13-17-26(18-14-24)30-22-8-4-2-6-20-28/h11-18,27-28H,1-10,19-22H2. The van der Waals surface area contributed by atoms with E-state index in [1.165, 1.54) is 46.6 Å². The highest BCUT2D eigenvalue weighted by molar-refractivity contribution is 7.99. The molecule has 0 amide bonds. The van der Waals surface area contributed by atoms with Gasteiger partial charge in [0.15, 0.2) is 0 Å². The fourth-order valence-corrected chi connectivity index (χ4v) is 5.13. The van der Waals surface area contributed by atoms with Gasteiger partial charge in [-0.25, -0.2) is 0 Å². The number of rotatable bonds is 17. The summed E-state index contributed by atoms with van der Waals surface area (Å²) < 4.78 is 0. The minimum atomic E-state index is 0.324. The van der Waals surface area contributed by atoms with E-state index in [0.29, 0.717) is 13.2 Å². The van der Waals surface area contributed by atoms with Crippen molar-refractivity contribution < 1.29 is 10.2 Å². The number of unbranched alkanes of at least 4 members (excludes halogenated alkanes) is 6. The summed E-state index contributed by atoms with van der Waals surface area (Å²) in [5.41, 5.74) is 2.81. The van der Waals surface area contributed by atoms with Crippen LogP contribution in [-0.4, -0.2) is 34.9 Å². The van der Waals surface area contributed by atoms with E-state index in [9.17, 15) is 0 Å². The lowest BCUT2D eigenvalue weighted by Gasteiger charge is -2.06. The van der Waals surface area contributed by atoms with Gasteiger partial charge in [-0.1, -0.05) is 49.9 Å². The lowest BCUT2D eigenvalue weighted by Crippen LogP contribution is -1.92. The Morgan fingerprint density at radius 3 is 1.20 bits per heavy atom. The van der Waals surface area contributed by atoms with Crippen LogP contribution in [-0.2, 0) is 12.8 Å². The second-order valence-corrected chi connectivity index (χ2v) is 10.1. The highest BCUT2D eigenvalue weighted by Gasteiger charge is 2.00. The molecule has 0 aliphatic heterocycles. The van der Waals surface area contributed by atoms with Gasteiger partial charge in [0.25, 0.3) is 0 Å². The van der Waals surface area contributed by atoms with Crippen molar-refractivity contribution in [1.82, 2.24) is 0 Å². The maximum atomic E-state index is 8.80. The van der Waals surface area contributed by atoms with Crippen molar-refractivity contribution in [3.05, 3.63) is 59.7 Å². The first-order valence-corrected chi connectivity index (χ1v) is 13.4. The number of benzene rings is 2. The van der Waals surface area contributed by atoms with Gasteiger partial charge in [-0.05, 0) is 85.4 Å². The number of aliphatic hydroxyl groups excluding tert-OH is 2. The number of hydrogen-bond acceptors (Lipinski definition) is 4. The molecule has 0 bridgehead atoms. The summed E-state index contributed by atoms with van der Waals surface area (Å²) in [6.45, 7) is 0.648. The third-order valence-electron chi connectivity index (χ3n) is 5.19. The van der Waals surface area contributed by atoms with Gasteiger partial charge in [-0.3, -0.25) is 0 Å². The minimum Gasteiger partial charge on any atom is -0.396 e. The number of aryl methyl sites for hydroxylation is 2. The van der Waals surface area contributed by atoms with Gasteiger partial charge in [-0.2, -0.15) is 0 Å². The smallest absolute Gasteiger partial charge is 0.0431 e. The normalized spacial score (nSPS) is 11.1. The van der Waals surface area contributed by atoms with Gasteiger partial charge in [-0.15, -0.1) is 23.5 Å². The average molecular weight is 447 g/mol. The SMILES string of the molecule is OCCCCCCSc1ccc(CCc2ccc(SCCCCCCO)cc2)cc1. The first-order valence-electron chi connectivity index (χ1n) is 11.5. The van der Waals surface area contributed by atoms with Crippen molar-refractivity contribution in [3.63, 3.8) is 0 Å². The number of hydrogen-bond donors (Lipinski definition) is 2. The molecule has 0 aliphatic carbocycles. The monoisotopic (exact) mass is 446 g/mol. The molecule has 166 valence electrons. The van der Waals surface area contributed by atoms with E-state index in [2.05, 4.69) is 48.5 Å². The van der Waals surface area contributed by atoms with Gasteiger partial charge in [0.1, 0.15) is 0 Å². The van der Waals surface area contributed by atoms with Crippen LogP contribution >= 0.6 is 23.5 Å². The maximum Gasteiger partial charge on any atom is 0.0431 e. The maximum absolute atomic E-state index is 8.80. The molecule has 0 heterocycles. The summed E-state index contributed by atoms with van der Waals surface area (Å²) in [6, 6.07) is 18.1. The Labute approximate surface area is 191 Å². The Kier molecular flexibility index (Phi) is 14.1. The van der Waals surface area contributed by atoms with Gasteiger partial charge in [0, 0.05) is 23.0 Å². The number of aliphatic hydroxyl groups is 2. The quantitative estimate of drug-likeness (QED) is 0.208. The van der Waals surface area contributed by atoms with E-state index >= 15 is 0 Å². The molecule has 2 aromatic rings. The molecule has 0 spiro atoms. The molecule has 2 nitrogen and oxygen atoms in total. The van der Waals surface area contributed by atoms with Crippen LogP contribution in [0.3, 0.4) is 0 Å². The molecule has 0 radical (unpaired) electrons. The fourth-order valence-electron chi connectivity index (χ4n) is 3.31. The fraction of sp³-hybridized carbons (Fsp3) is 0.538. The van der Waals surface area contributed by atoms with Crippen LogP contribution in [0.2, 0.25) is 0 Å². The van der Waals surface area contributed by atoms with E-state index in [1.54, 1.807) is 0 Å². The second kappa shape index (κ2) is 16.7. The molecule has 2 aromatic carbocycles. The highest BCUT2D eigenvalue weighted by Crippen LogP contribution is 2.22. The Morgan fingerprint density at radius 2 is 0.833 bits per heavy atom. The van der Waals surface area contributed by atoms with Crippen LogP contribution in [0.15, 0.2) is 58.3 Å². The second-order valence-electron chi connectivity index (χ2n) is 7.76. The predicted octanol–water partition coefficient (Wildman–Crippen LogP) is 6.76. The zero-order valence-corrected chi connectivity index (χ0v) is 19.9. The van der Waals surface area contributed by atoms with Crippen LogP contribution in [0.25, 0.3) is 0 Å². The summed E-state index contributed by atoms with van der Waals surface area (Å²) in [5, 5.41) is 17.6. The van der Waals surface area contributed by atoms with Crippen molar-refractivity contribution in [2.45, 2.75) is 74.0 Å². The van der Waals surface area contributed by atoms with E-state index in [0.717, 1.165) is 50.0 Å². The molecule has 0 atom stereocenters. The lowest BCUT2D eigenvalue weighted by atomic mass is 10.0. The highest BCUT2D eigenvalue weighted by atomic mass is 32.2. The molecular formula is C26H38O2S2. The Balaban J connectivity index is 1.61. The van der Waals surface area contributed by atoms with E-state index in [-0.39, 0.29) is 0 Å². The van der Waals surface area contributed by atoms with Crippen LogP contribution < -0.4 is 0 Å². The van der Waals surface area contributed by atoms with Crippen LogP contribution in [0.1, 0.15) is 62.5 Å². The third kappa shape index (κ3) is 11.5. The molecule has 0 saturated carbocycles. The van der Waals surface area contributed by atoms with E-state index in [4.69, 9.17) is 10.2 Å². The molecule has 30 heavy (non-hydrogen) atoms. The molecule has 0 fully saturated rings. The molecule has 2 rings (SSSR count). The molecule has 0 unspecified atom stereocenters. The lowest BCUT2D eigenvalue weighted by molar-refractivity contribution is 0.282. The van der Waals surface area contributed by atoms with Crippen molar-refractivity contribution in [1.29, 1.82) is 0 Å². The first kappa shape index (κ1) is 25.3. The number of thioether (sulfide) groups is 2. The van der Waals surface area contributed by atoms with Crippen LogP contribution in [0, 0.1) is 0 Å². The molecule has 4 heteroatoms. The molecule has 0 aliphatic rings. The minimum absolute atomic E-state index is 0.324. The van der Waals surface area contributed by atoms with E-state index in [1.807, 2.05) is 23.5 Å². The summed E-state index contributed by atoms with van der Waals surface area (Å²) >= 11 is 3.88. The van der Waals surface area contributed by atoms with Crippen molar-refractivity contribution >= 4 is 23.5 Å². The van der Waals surface area contributed by atoms with Gasteiger partial charge in [0.2, 0.25) is 0 Å². The largest absolute Gasteiger partial charge is 0.396 e. The zero-order valence-electron chi connectivity index (χ0n) is 18.2. The van der Waals surface area contributed by atoms with Crippen molar-refractivity contribution in [3.8, 4) is 0 Å². The Bertz CT molecular complexity index is 596. The summed E-state index contributed by atoms with van der Waals surface area (Å²) in [6.07, 6.45) is 11.2. The topological polar surface area (TPSA) is 40.5 Å². The first-order chi connectivity index (χ1) is 14.8. The third-order valence-corrected chi connectivity index (χ3v) is 7.39.